The third kappa shape index (κ3) is 7.90. The van der Waals surface area contributed by atoms with Crippen molar-refractivity contribution in [1.29, 1.82) is 0 Å². The van der Waals surface area contributed by atoms with Gasteiger partial charge in [-0.1, -0.05) is 39.5 Å². The van der Waals surface area contributed by atoms with Crippen molar-refractivity contribution < 1.29 is 0 Å². The van der Waals surface area contributed by atoms with Crippen LogP contribution in [0.5, 0.6) is 0 Å². The lowest BCUT2D eigenvalue weighted by Crippen LogP contribution is -1.98. The normalized spacial score (nSPS) is 12.2. The number of rotatable bonds is 7. The highest BCUT2D eigenvalue weighted by Gasteiger charge is 1.99. The zero-order chi connectivity index (χ0) is 9.23. The van der Waals surface area contributed by atoms with Crippen LogP contribution in [-0.4, -0.2) is 11.7 Å². The molecule has 1 atom stereocenters. The molecule has 0 saturated heterocycles. The van der Waals surface area contributed by atoms with Crippen molar-refractivity contribution in [1.82, 2.24) is 0 Å². The van der Waals surface area contributed by atoms with E-state index >= 15 is 0 Å². The van der Waals surface area contributed by atoms with Crippen LogP contribution < -0.4 is 0 Å². The standard InChI is InChI=1S/C10H19NS/c1-3-4-5-6-7-10(2)8-11-9-12/h10H,3-8H2,1-2H3. The van der Waals surface area contributed by atoms with Gasteiger partial charge in [0.25, 0.3) is 0 Å². The molecule has 0 aromatic carbocycles. The first-order valence-corrected chi connectivity index (χ1v) is 5.25. The van der Waals surface area contributed by atoms with Gasteiger partial charge in [-0.05, 0) is 24.6 Å². The molecule has 1 unspecified atom stereocenters. The van der Waals surface area contributed by atoms with E-state index in [-0.39, 0.29) is 0 Å². The molecule has 0 fully saturated rings. The molecule has 0 aliphatic rings. The van der Waals surface area contributed by atoms with Gasteiger partial charge in [-0.3, -0.25) is 0 Å². The van der Waals surface area contributed by atoms with Crippen LogP contribution in [0.2, 0.25) is 0 Å². The molecule has 0 aromatic heterocycles. The topological polar surface area (TPSA) is 12.4 Å². The molecule has 0 aromatic rings. The molecule has 2 heteroatoms. The summed E-state index contributed by atoms with van der Waals surface area (Å²) in [7, 11) is 0. The van der Waals surface area contributed by atoms with Gasteiger partial charge in [-0.15, -0.1) is 0 Å². The van der Waals surface area contributed by atoms with Crippen molar-refractivity contribution in [3.63, 3.8) is 0 Å². The maximum Gasteiger partial charge on any atom is 0.0585 e. The van der Waals surface area contributed by atoms with Crippen LogP contribution in [0.15, 0.2) is 4.99 Å². The van der Waals surface area contributed by atoms with Gasteiger partial charge in [0.15, 0.2) is 0 Å². The third-order valence-corrected chi connectivity index (χ3v) is 2.15. The summed E-state index contributed by atoms with van der Waals surface area (Å²) in [6, 6.07) is 0. The van der Waals surface area contributed by atoms with Crippen molar-refractivity contribution in [3.8, 4) is 0 Å². The van der Waals surface area contributed by atoms with E-state index in [0.717, 1.165) is 6.54 Å². The summed E-state index contributed by atoms with van der Waals surface area (Å²) in [6.07, 6.45) is 6.65. The molecule has 0 radical (unpaired) electrons. The maximum atomic E-state index is 4.51. The summed E-state index contributed by atoms with van der Waals surface area (Å²) in [5.41, 5.74) is 0. The van der Waals surface area contributed by atoms with Crippen LogP contribution in [-0.2, 0) is 0 Å². The molecule has 70 valence electrons. The lowest BCUT2D eigenvalue weighted by atomic mass is 10.0. The van der Waals surface area contributed by atoms with E-state index in [1.165, 1.54) is 32.1 Å². The summed E-state index contributed by atoms with van der Waals surface area (Å²) >= 11 is 4.51. The molecule has 0 rings (SSSR count). The van der Waals surface area contributed by atoms with E-state index in [1.54, 1.807) is 0 Å². The van der Waals surface area contributed by atoms with Gasteiger partial charge in [-0.2, -0.15) is 0 Å². The molecule has 0 saturated carbocycles. The van der Waals surface area contributed by atoms with Gasteiger partial charge in [-0.25, -0.2) is 4.99 Å². The predicted octanol–water partition coefficient (Wildman–Crippen LogP) is 3.70. The number of thiocarbonyl (C=S) groups is 1. The summed E-state index contributed by atoms with van der Waals surface area (Å²) in [6.45, 7) is 5.32. The second-order valence-corrected chi connectivity index (χ2v) is 3.57. The number of hydrogen-bond donors (Lipinski definition) is 0. The van der Waals surface area contributed by atoms with E-state index in [2.05, 4.69) is 36.2 Å². The second-order valence-electron chi connectivity index (χ2n) is 3.39. The van der Waals surface area contributed by atoms with Gasteiger partial charge in [0.1, 0.15) is 0 Å². The lowest BCUT2D eigenvalue weighted by Gasteiger charge is -2.06. The number of aliphatic imine (C=N–C) groups is 1. The Balaban J connectivity index is 3.18. The molecule has 0 bridgehead atoms. The Kier molecular flexibility index (Phi) is 8.74. The summed E-state index contributed by atoms with van der Waals surface area (Å²) in [5, 5.41) is 2.41. The Bertz CT molecular complexity index is 139. The van der Waals surface area contributed by atoms with E-state index in [1.807, 2.05) is 0 Å². The SMILES string of the molecule is CCCCCCC(C)CN=C=S. The summed E-state index contributed by atoms with van der Waals surface area (Å²) in [4.78, 5) is 3.94. The smallest absolute Gasteiger partial charge is 0.0585 e. The second kappa shape index (κ2) is 8.89. The van der Waals surface area contributed by atoms with Crippen molar-refractivity contribution in [2.24, 2.45) is 10.9 Å². The Labute approximate surface area is 81.3 Å². The molecular weight excluding hydrogens is 166 g/mol. The van der Waals surface area contributed by atoms with E-state index in [9.17, 15) is 0 Å². The zero-order valence-electron chi connectivity index (χ0n) is 8.18. The molecule has 12 heavy (non-hydrogen) atoms. The fraction of sp³-hybridized carbons (Fsp3) is 0.900. The van der Waals surface area contributed by atoms with Crippen molar-refractivity contribution in [2.45, 2.75) is 46.0 Å². The molecule has 0 heterocycles. The highest BCUT2D eigenvalue weighted by atomic mass is 32.1. The van der Waals surface area contributed by atoms with Crippen molar-refractivity contribution in [2.75, 3.05) is 6.54 Å². The fourth-order valence-electron chi connectivity index (χ4n) is 1.20. The quantitative estimate of drug-likeness (QED) is 0.335. The van der Waals surface area contributed by atoms with Crippen molar-refractivity contribution in [3.05, 3.63) is 0 Å². The number of nitrogens with zero attached hydrogens (tertiary/aromatic N) is 1. The van der Waals surface area contributed by atoms with Crippen LogP contribution in [0.1, 0.15) is 46.0 Å². The Morgan fingerprint density at radius 2 is 2.08 bits per heavy atom. The van der Waals surface area contributed by atoms with Crippen LogP contribution in [0.4, 0.5) is 0 Å². The van der Waals surface area contributed by atoms with Gasteiger partial charge >= 0.3 is 0 Å². The predicted molar refractivity (Wildman–Crippen MR) is 57.8 cm³/mol. The van der Waals surface area contributed by atoms with E-state index in [0.29, 0.717) is 5.92 Å². The van der Waals surface area contributed by atoms with Crippen molar-refractivity contribution >= 4 is 17.4 Å². The lowest BCUT2D eigenvalue weighted by molar-refractivity contribution is 0.499. The third-order valence-electron chi connectivity index (χ3n) is 2.02. The highest BCUT2D eigenvalue weighted by Crippen LogP contribution is 2.10. The Hall–Kier alpha value is -0.200. The maximum absolute atomic E-state index is 4.51. The van der Waals surface area contributed by atoms with Gasteiger partial charge < -0.3 is 0 Å². The van der Waals surface area contributed by atoms with Crippen LogP contribution in [0.3, 0.4) is 0 Å². The average molecular weight is 185 g/mol. The van der Waals surface area contributed by atoms with E-state index in [4.69, 9.17) is 0 Å². The number of hydrogen-bond acceptors (Lipinski definition) is 2. The van der Waals surface area contributed by atoms with E-state index < -0.39 is 0 Å². The number of unbranched alkanes of at least 4 members (excludes halogenated alkanes) is 3. The largest absolute Gasteiger partial charge is 0.232 e. The first kappa shape index (κ1) is 11.8. The fourth-order valence-corrected chi connectivity index (χ4v) is 1.28. The molecular formula is C10H19NS. The molecule has 0 spiro atoms. The average Bonchev–Trinajstić information content (AvgIpc) is 2.09. The zero-order valence-corrected chi connectivity index (χ0v) is 8.99. The molecule has 0 N–H and O–H groups in total. The minimum absolute atomic E-state index is 0.678. The first-order valence-electron chi connectivity index (χ1n) is 4.84. The summed E-state index contributed by atoms with van der Waals surface area (Å²) in [5.74, 6) is 0.678. The summed E-state index contributed by atoms with van der Waals surface area (Å²) < 4.78 is 0. The number of isothiocyanates is 1. The minimum Gasteiger partial charge on any atom is -0.232 e. The van der Waals surface area contributed by atoms with Gasteiger partial charge in [0, 0.05) is 0 Å². The Morgan fingerprint density at radius 3 is 2.67 bits per heavy atom. The van der Waals surface area contributed by atoms with Gasteiger partial charge in [0.05, 0.1) is 11.7 Å². The monoisotopic (exact) mass is 185 g/mol. The molecule has 1 nitrogen and oxygen atoms in total. The molecule has 0 aliphatic heterocycles. The highest BCUT2D eigenvalue weighted by molar-refractivity contribution is 7.78. The van der Waals surface area contributed by atoms with Crippen LogP contribution in [0, 0.1) is 5.92 Å². The molecule has 0 aliphatic carbocycles. The molecule has 0 amide bonds. The Morgan fingerprint density at radius 1 is 1.33 bits per heavy atom. The van der Waals surface area contributed by atoms with Gasteiger partial charge in [0.2, 0.25) is 0 Å². The van der Waals surface area contributed by atoms with Crippen LogP contribution >= 0.6 is 12.2 Å². The van der Waals surface area contributed by atoms with Crippen LogP contribution in [0.25, 0.3) is 0 Å². The minimum atomic E-state index is 0.678. The first-order chi connectivity index (χ1) is 5.81.